The molecule has 0 radical (unpaired) electrons. The van der Waals surface area contributed by atoms with Gasteiger partial charge in [0.2, 0.25) is 20.0 Å². The number of para-hydroxylation sites is 1. The number of carbonyl (C=O) groups excluding carboxylic acids is 2. The van der Waals surface area contributed by atoms with Gasteiger partial charge >= 0.3 is 0 Å². The molecule has 12 heteroatoms. The maximum absolute atomic E-state index is 12.5. The molecule has 0 aliphatic carbocycles. The van der Waals surface area contributed by atoms with E-state index in [1.54, 1.807) is 91.0 Å². The van der Waals surface area contributed by atoms with Crippen LogP contribution in [-0.2, 0) is 32.9 Å². The van der Waals surface area contributed by atoms with Crippen LogP contribution in [0.15, 0.2) is 155 Å². The summed E-state index contributed by atoms with van der Waals surface area (Å²) >= 11 is 0. The quantitative estimate of drug-likeness (QED) is 0.112. The minimum absolute atomic E-state index is 0.0547. The summed E-state index contributed by atoms with van der Waals surface area (Å²) in [5.41, 5.74) is 6.98. The van der Waals surface area contributed by atoms with Crippen LogP contribution < -0.4 is 20.9 Å². The lowest BCUT2D eigenvalue weighted by atomic mass is 10.0. The van der Waals surface area contributed by atoms with Gasteiger partial charge in [-0.2, -0.15) is 0 Å². The van der Waals surface area contributed by atoms with E-state index in [9.17, 15) is 26.4 Å². The second-order valence-corrected chi connectivity index (χ2v) is 15.2. The first-order valence-electron chi connectivity index (χ1n) is 17.0. The number of rotatable bonds is 10. The van der Waals surface area contributed by atoms with E-state index in [1.165, 1.54) is 12.1 Å². The summed E-state index contributed by atoms with van der Waals surface area (Å²) in [6.45, 7) is 4.03. The summed E-state index contributed by atoms with van der Waals surface area (Å²) in [7, 11) is -7.66. The number of hydrogen-bond donors (Lipinski definition) is 4. The Hall–Kier alpha value is -5.92. The van der Waals surface area contributed by atoms with Gasteiger partial charge in [0, 0.05) is 33.6 Å². The second-order valence-electron chi connectivity index (χ2n) is 12.2. The second kappa shape index (κ2) is 17.3. The van der Waals surface area contributed by atoms with E-state index in [4.69, 9.17) is 10.3 Å². The van der Waals surface area contributed by atoms with Crippen molar-refractivity contribution in [1.82, 2.24) is 0 Å². The number of carbonyl (C=O) groups is 2. The molecule has 6 rings (SSSR count). The minimum Gasteiger partial charge on any atom is -0.322 e. The largest absolute Gasteiger partial charge is 0.322 e. The maximum Gasteiger partial charge on any atom is 0.255 e. The van der Waals surface area contributed by atoms with E-state index >= 15 is 0 Å². The molecule has 0 atom stereocenters. The zero-order chi connectivity index (χ0) is 38.9. The van der Waals surface area contributed by atoms with Gasteiger partial charge in [0.25, 0.3) is 11.8 Å². The van der Waals surface area contributed by atoms with Crippen molar-refractivity contribution in [3.05, 3.63) is 168 Å². The van der Waals surface area contributed by atoms with Crippen molar-refractivity contribution in [3.8, 4) is 22.3 Å². The van der Waals surface area contributed by atoms with E-state index in [0.717, 1.165) is 29.7 Å². The third kappa shape index (κ3) is 9.73. The van der Waals surface area contributed by atoms with Gasteiger partial charge in [0.1, 0.15) is 0 Å². The van der Waals surface area contributed by atoms with Crippen molar-refractivity contribution < 1.29 is 26.4 Å². The van der Waals surface area contributed by atoms with Crippen LogP contribution in [0.3, 0.4) is 0 Å². The fourth-order valence-corrected chi connectivity index (χ4v) is 7.36. The molecule has 6 aromatic rings. The van der Waals surface area contributed by atoms with Gasteiger partial charge < -0.3 is 10.6 Å². The maximum atomic E-state index is 12.5. The highest BCUT2D eigenvalue weighted by Gasteiger charge is 2.17. The van der Waals surface area contributed by atoms with E-state index in [0.29, 0.717) is 39.1 Å². The molecule has 0 aliphatic heterocycles. The number of aryl methyl sites for hydroxylation is 2. The van der Waals surface area contributed by atoms with Crippen LogP contribution in [0.5, 0.6) is 0 Å². The Morgan fingerprint density at radius 1 is 0.500 bits per heavy atom. The van der Waals surface area contributed by atoms with Crippen LogP contribution in [0.25, 0.3) is 22.3 Å². The Bertz CT molecular complexity index is 2500. The van der Waals surface area contributed by atoms with Gasteiger partial charge in [-0.25, -0.2) is 27.1 Å². The van der Waals surface area contributed by atoms with Crippen molar-refractivity contribution in [3.63, 3.8) is 0 Å². The van der Waals surface area contributed by atoms with Crippen LogP contribution in [0.1, 0.15) is 45.7 Å². The standard InChI is InChI=1S/2C21H20N2O3S/c1-2-15-7-3-5-9-19(15)23-21(24)17-13-11-16(12-14-17)18-8-4-6-10-20(18)27(22,25)26;1-2-15-7-3-4-9-19(15)21(24)23-17-13-11-16(12-14-17)18-8-5-6-10-20(18)27(22,25)26/h2*3-14H,2H2,1H3,(H,23,24)(H2,22,25,26). The molecular formula is C42H40N4O6S2. The average molecular weight is 761 g/mol. The summed E-state index contributed by atoms with van der Waals surface area (Å²) in [5.74, 6) is -0.396. The number of nitrogens with two attached hydrogens (primary N) is 2. The molecular weight excluding hydrogens is 721 g/mol. The number of nitrogens with one attached hydrogen (secondary N) is 2. The van der Waals surface area contributed by atoms with Gasteiger partial charge in [-0.1, -0.05) is 111 Å². The Balaban J connectivity index is 0.000000208. The lowest BCUT2D eigenvalue weighted by Gasteiger charge is -2.11. The summed E-state index contributed by atoms with van der Waals surface area (Å²) in [5, 5.41) is 16.4. The smallest absolute Gasteiger partial charge is 0.255 e. The molecule has 0 aromatic heterocycles. The van der Waals surface area contributed by atoms with Crippen LogP contribution >= 0.6 is 0 Å². The minimum atomic E-state index is -3.84. The molecule has 0 heterocycles. The number of anilines is 2. The Morgan fingerprint density at radius 2 is 0.944 bits per heavy atom. The third-order valence-electron chi connectivity index (χ3n) is 8.59. The highest BCUT2D eigenvalue weighted by molar-refractivity contribution is 7.89. The Kier molecular flexibility index (Phi) is 12.6. The molecule has 0 unspecified atom stereocenters. The monoisotopic (exact) mass is 760 g/mol. The predicted octanol–water partition coefficient (Wildman–Crippen LogP) is 7.63. The summed E-state index contributed by atoms with van der Waals surface area (Å²) in [6.07, 6.45) is 1.59. The van der Waals surface area contributed by atoms with Gasteiger partial charge in [0.15, 0.2) is 0 Å². The molecule has 6 aromatic carbocycles. The first-order chi connectivity index (χ1) is 25.8. The van der Waals surface area contributed by atoms with E-state index < -0.39 is 20.0 Å². The Labute approximate surface area is 316 Å². The first kappa shape index (κ1) is 39.3. The highest BCUT2D eigenvalue weighted by atomic mass is 32.2. The number of amides is 2. The predicted molar refractivity (Wildman–Crippen MR) is 214 cm³/mol. The molecule has 0 spiro atoms. The van der Waals surface area contributed by atoms with E-state index in [2.05, 4.69) is 10.6 Å². The molecule has 0 bridgehead atoms. The van der Waals surface area contributed by atoms with Crippen molar-refractivity contribution in [2.75, 3.05) is 10.6 Å². The highest BCUT2D eigenvalue weighted by Crippen LogP contribution is 2.29. The number of sulfonamides is 2. The number of hydrogen-bond acceptors (Lipinski definition) is 6. The van der Waals surface area contributed by atoms with Crippen LogP contribution in [0, 0.1) is 0 Å². The topological polar surface area (TPSA) is 179 Å². The van der Waals surface area contributed by atoms with Gasteiger partial charge in [-0.05, 0) is 83.6 Å². The lowest BCUT2D eigenvalue weighted by Crippen LogP contribution is -2.14. The van der Waals surface area contributed by atoms with Gasteiger partial charge in [0.05, 0.1) is 9.79 Å². The van der Waals surface area contributed by atoms with Crippen molar-refractivity contribution in [1.29, 1.82) is 0 Å². The molecule has 2 amide bonds. The van der Waals surface area contributed by atoms with Gasteiger partial charge in [-0.15, -0.1) is 0 Å². The van der Waals surface area contributed by atoms with E-state index in [-0.39, 0.29) is 21.6 Å². The van der Waals surface area contributed by atoms with Crippen molar-refractivity contribution in [2.24, 2.45) is 10.3 Å². The third-order valence-corrected chi connectivity index (χ3v) is 10.5. The average Bonchev–Trinajstić information content (AvgIpc) is 3.18. The zero-order valence-electron chi connectivity index (χ0n) is 29.7. The molecule has 0 fully saturated rings. The van der Waals surface area contributed by atoms with E-state index in [1.807, 2.05) is 56.3 Å². The normalized spacial score (nSPS) is 11.2. The fraction of sp³-hybridized carbons (Fsp3) is 0.0952. The molecule has 0 saturated heterocycles. The summed E-state index contributed by atoms with van der Waals surface area (Å²) in [4.78, 5) is 25.2. The molecule has 0 saturated carbocycles. The summed E-state index contributed by atoms with van der Waals surface area (Å²) in [6, 6.07) is 41.9. The zero-order valence-corrected chi connectivity index (χ0v) is 31.3. The SMILES string of the molecule is CCc1ccccc1C(=O)Nc1ccc(-c2ccccc2S(N)(=O)=O)cc1.CCc1ccccc1NC(=O)c1ccc(-c2ccccc2S(N)(=O)=O)cc1. The number of benzene rings is 6. The van der Waals surface area contributed by atoms with Crippen LogP contribution in [0.4, 0.5) is 11.4 Å². The first-order valence-corrected chi connectivity index (χ1v) is 20.1. The lowest BCUT2D eigenvalue weighted by molar-refractivity contribution is 0.101. The summed E-state index contributed by atoms with van der Waals surface area (Å²) < 4.78 is 47.1. The fourth-order valence-electron chi connectivity index (χ4n) is 5.83. The van der Waals surface area contributed by atoms with Crippen molar-refractivity contribution in [2.45, 2.75) is 36.5 Å². The molecule has 54 heavy (non-hydrogen) atoms. The molecule has 10 nitrogen and oxygen atoms in total. The molecule has 6 N–H and O–H groups in total. The van der Waals surface area contributed by atoms with Crippen LogP contribution in [-0.4, -0.2) is 28.6 Å². The molecule has 0 aliphatic rings. The number of primary sulfonamides is 2. The van der Waals surface area contributed by atoms with Crippen LogP contribution in [0.2, 0.25) is 0 Å². The Morgan fingerprint density at radius 3 is 1.46 bits per heavy atom. The van der Waals surface area contributed by atoms with Crippen molar-refractivity contribution >= 4 is 43.2 Å². The van der Waals surface area contributed by atoms with Gasteiger partial charge in [-0.3, -0.25) is 9.59 Å². The molecule has 276 valence electrons.